The SMILES string of the molecule is CN1CC(OCc2cccc(C(F)(F)F)c2)C1. The topological polar surface area (TPSA) is 12.5 Å². The van der Waals surface area contributed by atoms with Crippen molar-refractivity contribution < 1.29 is 17.9 Å². The Hall–Kier alpha value is -1.07. The molecule has 0 bridgehead atoms. The molecule has 94 valence electrons. The average Bonchev–Trinajstić information content (AvgIpc) is 2.22. The molecule has 0 atom stereocenters. The smallest absolute Gasteiger partial charge is 0.371 e. The van der Waals surface area contributed by atoms with E-state index >= 15 is 0 Å². The van der Waals surface area contributed by atoms with Gasteiger partial charge in [0.2, 0.25) is 0 Å². The van der Waals surface area contributed by atoms with Crippen LogP contribution in [0.5, 0.6) is 0 Å². The molecule has 1 aromatic rings. The molecule has 0 unspecified atom stereocenters. The summed E-state index contributed by atoms with van der Waals surface area (Å²) in [4.78, 5) is 2.09. The van der Waals surface area contributed by atoms with Crippen molar-refractivity contribution >= 4 is 0 Å². The highest BCUT2D eigenvalue weighted by atomic mass is 19.4. The largest absolute Gasteiger partial charge is 0.416 e. The van der Waals surface area contributed by atoms with Crippen LogP contribution in [0.3, 0.4) is 0 Å². The van der Waals surface area contributed by atoms with Crippen molar-refractivity contribution in [3.05, 3.63) is 35.4 Å². The van der Waals surface area contributed by atoms with Gasteiger partial charge in [0.05, 0.1) is 18.3 Å². The second-order valence-electron chi connectivity index (χ2n) is 4.35. The fourth-order valence-corrected chi connectivity index (χ4v) is 1.80. The van der Waals surface area contributed by atoms with Crippen molar-refractivity contribution in [2.24, 2.45) is 0 Å². The molecular weight excluding hydrogens is 231 g/mol. The summed E-state index contributed by atoms with van der Waals surface area (Å²) in [7, 11) is 1.98. The molecule has 1 aromatic carbocycles. The van der Waals surface area contributed by atoms with E-state index in [2.05, 4.69) is 4.90 Å². The maximum atomic E-state index is 12.4. The Bertz CT molecular complexity index is 386. The first-order valence-corrected chi connectivity index (χ1v) is 5.41. The molecule has 2 rings (SSSR count). The van der Waals surface area contributed by atoms with E-state index in [0.29, 0.717) is 5.56 Å². The number of likely N-dealkylation sites (N-methyl/N-ethyl adjacent to an activating group) is 1. The predicted octanol–water partition coefficient (Wildman–Crippen LogP) is 2.54. The monoisotopic (exact) mass is 245 g/mol. The number of benzene rings is 1. The van der Waals surface area contributed by atoms with Crippen molar-refractivity contribution in [2.75, 3.05) is 20.1 Å². The molecule has 0 aromatic heterocycles. The van der Waals surface area contributed by atoms with Crippen LogP contribution in [0, 0.1) is 0 Å². The number of rotatable bonds is 3. The second kappa shape index (κ2) is 4.66. The summed E-state index contributed by atoms with van der Waals surface area (Å²) in [6, 6.07) is 5.27. The van der Waals surface area contributed by atoms with Gasteiger partial charge in [-0.1, -0.05) is 12.1 Å². The molecule has 1 aliphatic heterocycles. The van der Waals surface area contributed by atoms with Crippen molar-refractivity contribution in [3.63, 3.8) is 0 Å². The van der Waals surface area contributed by atoms with E-state index in [1.54, 1.807) is 6.07 Å². The summed E-state index contributed by atoms with van der Waals surface area (Å²) in [5, 5.41) is 0. The third kappa shape index (κ3) is 3.20. The Morgan fingerprint density at radius 2 is 2.06 bits per heavy atom. The van der Waals surface area contributed by atoms with Gasteiger partial charge in [0.15, 0.2) is 0 Å². The minimum atomic E-state index is -4.29. The fraction of sp³-hybridized carbons (Fsp3) is 0.500. The fourth-order valence-electron chi connectivity index (χ4n) is 1.80. The number of halogens is 3. The lowest BCUT2D eigenvalue weighted by atomic mass is 10.1. The minimum Gasteiger partial charge on any atom is -0.371 e. The molecule has 2 nitrogen and oxygen atoms in total. The van der Waals surface area contributed by atoms with Gasteiger partial charge in [-0.2, -0.15) is 13.2 Å². The zero-order chi connectivity index (χ0) is 12.5. The molecule has 0 saturated carbocycles. The highest BCUT2D eigenvalue weighted by molar-refractivity contribution is 5.25. The van der Waals surface area contributed by atoms with Crippen molar-refractivity contribution in [1.82, 2.24) is 4.90 Å². The molecule has 1 heterocycles. The zero-order valence-corrected chi connectivity index (χ0v) is 9.50. The van der Waals surface area contributed by atoms with Crippen LogP contribution in [0.1, 0.15) is 11.1 Å². The van der Waals surface area contributed by atoms with Crippen LogP contribution in [-0.4, -0.2) is 31.1 Å². The van der Waals surface area contributed by atoms with Crippen LogP contribution < -0.4 is 0 Å². The lowest BCUT2D eigenvalue weighted by Crippen LogP contribution is -2.49. The van der Waals surface area contributed by atoms with Gasteiger partial charge >= 0.3 is 6.18 Å². The van der Waals surface area contributed by atoms with Gasteiger partial charge in [-0.15, -0.1) is 0 Å². The second-order valence-corrected chi connectivity index (χ2v) is 4.35. The summed E-state index contributed by atoms with van der Waals surface area (Å²) in [5.41, 5.74) is -0.0568. The Balaban J connectivity index is 1.92. The summed E-state index contributed by atoms with van der Waals surface area (Å²) >= 11 is 0. The number of alkyl halides is 3. The maximum Gasteiger partial charge on any atom is 0.416 e. The van der Waals surface area contributed by atoms with Crippen LogP contribution in [0.2, 0.25) is 0 Å². The molecule has 1 fully saturated rings. The first-order valence-electron chi connectivity index (χ1n) is 5.41. The third-order valence-corrected chi connectivity index (χ3v) is 2.77. The van der Waals surface area contributed by atoms with E-state index in [1.165, 1.54) is 6.07 Å². The Kier molecular flexibility index (Phi) is 3.40. The Morgan fingerprint density at radius 3 is 2.65 bits per heavy atom. The lowest BCUT2D eigenvalue weighted by molar-refractivity contribution is -0.137. The minimum absolute atomic E-state index is 0.148. The van der Waals surface area contributed by atoms with Crippen LogP contribution in [0.4, 0.5) is 13.2 Å². The summed E-state index contributed by atoms with van der Waals surface area (Å²) < 4.78 is 42.8. The quantitative estimate of drug-likeness (QED) is 0.811. The van der Waals surface area contributed by atoms with Gasteiger partial charge in [-0.3, -0.25) is 0 Å². The first-order chi connectivity index (χ1) is 7.95. The molecule has 17 heavy (non-hydrogen) atoms. The molecule has 0 aliphatic carbocycles. The molecule has 0 N–H and O–H groups in total. The molecule has 1 saturated heterocycles. The summed E-state index contributed by atoms with van der Waals surface area (Å²) in [5.74, 6) is 0. The molecule has 1 aliphatic rings. The normalized spacial score (nSPS) is 18.1. The van der Waals surface area contributed by atoms with Gasteiger partial charge < -0.3 is 9.64 Å². The highest BCUT2D eigenvalue weighted by Crippen LogP contribution is 2.29. The highest BCUT2D eigenvalue weighted by Gasteiger charge is 2.30. The van der Waals surface area contributed by atoms with Gasteiger partial charge in [0.25, 0.3) is 0 Å². The van der Waals surface area contributed by atoms with Crippen molar-refractivity contribution in [1.29, 1.82) is 0 Å². The predicted molar refractivity (Wildman–Crippen MR) is 57.5 cm³/mol. The summed E-state index contributed by atoms with van der Waals surface area (Å²) in [6.45, 7) is 1.93. The number of hydrogen-bond donors (Lipinski definition) is 0. The van der Waals surface area contributed by atoms with E-state index in [4.69, 9.17) is 4.74 Å². The van der Waals surface area contributed by atoms with Gasteiger partial charge in [-0.25, -0.2) is 0 Å². The van der Waals surface area contributed by atoms with Crippen LogP contribution in [0.15, 0.2) is 24.3 Å². The third-order valence-electron chi connectivity index (χ3n) is 2.77. The number of likely N-dealkylation sites (tertiary alicyclic amines) is 1. The molecule has 5 heteroatoms. The number of hydrogen-bond acceptors (Lipinski definition) is 2. The van der Waals surface area contributed by atoms with Crippen molar-refractivity contribution in [2.45, 2.75) is 18.9 Å². The van der Waals surface area contributed by atoms with E-state index in [-0.39, 0.29) is 12.7 Å². The summed E-state index contributed by atoms with van der Waals surface area (Å²) in [6.07, 6.45) is -4.14. The number of ether oxygens (including phenoxy) is 1. The standard InChI is InChI=1S/C12H14F3NO/c1-16-6-11(7-16)17-8-9-3-2-4-10(5-9)12(13,14)15/h2-5,11H,6-8H2,1H3. The zero-order valence-electron chi connectivity index (χ0n) is 9.50. The average molecular weight is 245 g/mol. The van der Waals surface area contributed by atoms with Gasteiger partial charge in [0.1, 0.15) is 0 Å². The Labute approximate surface area is 98.0 Å². The van der Waals surface area contributed by atoms with E-state index < -0.39 is 11.7 Å². The molecule has 0 amide bonds. The van der Waals surface area contributed by atoms with E-state index in [0.717, 1.165) is 25.2 Å². The van der Waals surface area contributed by atoms with Gasteiger partial charge in [0, 0.05) is 13.1 Å². The van der Waals surface area contributed by atoms with E-state index in [9.17, 15) is 13.2 Å². The van der Waals surface area contributed by atoms with Gasteiger partial charge in [-0.05, 0) is 24.7 Å². The van der Waals surface area contributed by atoms with Crippen LogP contribution >= 0.6 is 0 Å². The Morgan fingerprint density at radius 1 is 1.35 bits per heavy atom. The molecule has 0 radical (unpaired) electrons. The molecule has 0 spiro atoms. The van der Waals surface area contributed by atoms with E-state index in [1.807, 2.05) is 7.05 Å². The maximum absolute atomic E-state index is 12.4. The van der Waals surface area contributed by atoms with Crippen LogP contribution in [-0.2, 0) is 17.5 Å². The van der Waals surface area contributed by atoms with Crippen LogP contribution in [0.25, 0.3) is 0 Å². The molecular formula is C12H14F3NO. The van der Waals surface area contributed by atoms with Crippen molar-refractivity contribution in [3.8, 4) is 0 Å². The lowest BCUT2D eigenvalue weighted by Gasteiger charge is -2.35. The number of nitrogens with zero attached hydrogens (tertiary/aromatic N) is 1. The first kappa shape index (κ1) is 12.4.